The number of esters is 1. The Morgan fingerprint density at radius 1 is 1.09 bits per heavy atom. The molecule has 0 radical (unpaired) electrons. The number of aryl methyl sites for hydroxylation is 1. The van der Waals surface area contributed by atoms with Crippen molar-refractivity contribution in [1.82, 2.24) is 0 Å². The Morgan fingerprint density at radius 3 is 2.70 bits per heavy atom. The maximum Gasteiger partial charge on any atom is 0.310 e. The Morgan fingerprint density at radius 2 is 1.87 bits per heavy atom. The van der Waals surface area contributed by atoms with E-state index in [0.29, 0.717) is 17.1 Å². The summed E-state index contributed by atoms with van der Waals surface area (Å²) in [6.45, 7) is 1.79. The number of hydrogen-bond acceptors (Lipinski definition) is 5. The van der Waals surface area contributed by atoms with E-state index in [1.54, 1.807) is 18.2 Å². The molecule has 0 amide bonds. The van der Waals surface area contributed by atoms with Gasteiger partial charge in [0.05, 0.1) is 6.42 Å². The van der Waals surface area contributed by atoms with Gasteiger partial charge >= 0.3 is 5.97 Å². The molecule has 0 bridgehead atoms. The molecule has 0 aliphatic carbocycles. The molecule has 0 spiro atoms. The van der Waals surface area contributed by atoms with Gasteiger partial charge in [0.25, 0.3) is 0 Å². The van der Waals surface area contributed by atoms with Crippen LogP contribution in [-0.2, 0) is 16.0 Å². The molecular formula is C18H16O5. The van der Waals surface area contributed by atoms with E-state index in [4.69, 9.17) is 14.2 Å². The van der Waals surface area contributed by atoms with Crippen LogP contribution in [0.1, 0.15) is 21.5 Å². The Hall–Kier alpha value is -2.82. The SMILES string of the molecule is Cc1ccccc1CC(=O)OCC(=O)c1ccc2c(c1)OCO2. The van der Waals surface area contributed by atoms with Gasteiger partial charge in [-0.05, 0) is 36.2 Å². The van der Waals surface area contributed by atoms with Gasteiger partial charge in [0.2, 0.25) is 6.79 Å². The molecular weight excluding hydrogens is 296 g/mol. The van der Waals surface area contributed by atoms with Crippen molar-refractivity contribution in [2.45, 2.75) is 13.3 Å². The molecule has 0 saturated carbocycles. The molecule has 23 heavy (non-hydrogen) atoms. The number of Topliss-reactive ketones (excluding diaryl/α,β-unsaturated/α-hetero) is 1. The first kappa shape index (κ1) is 15.1. The number of carbonyl (C=O) groups is 2. The lowest BCUT2D eigenvalue weighted by Gasteiger charge is -2.07. The van der Waals surface area contributed by atoms with Gasteiger partial charge in [-0.15, -0.1) is 0 Å². The third-order valence-corrected chi connectivity index (χ3v) is 3.65. The van der Waals surface area contributed by atoms with Crippen LogP contribution in [0.25, 0.3) is 0 Å². The van der Waals surface area contributed by atoms with Gasteiger partial charge < -0.3 is 14.2 Å². The van der Waals surface area contributed by atoms with Crippen LogP contribution in [0.15, 0.2) is 42.5 Å². The minimum Gasteiger partial charge on any atom is -0.457 e. The molecule has 0 atom stereocenters. The highest BCUT2D eigenvalue weighted by Gasteiger charge is 2.17. The Balaban J connectivity index is 1.56. The van der Waals surface area contributed by atoms with Crippen LogP contribution in [-0.4, -0.2) is 25.2 Å². The van der Waals surface area contributed by atoms with Gasteiger partial charge in [-0.25, -0.2) is 0 Å². The second-order valence-electron chi connectivity index (χ2n) is 5.26. The normalized spacial score (nSPS) is 12.0. The van der Waals surface area contributed by atoms with Gasteiger partial charge in [0.1, 0.15) is 0 Å². The molecule has 0 fully saturated rings. The molecule has 0 aromatic heterocycles. The molecule has 1 aliphatic rings. The van der Waals surface area contributed by atoms with E-state index in [1.165, 1.54) is 0 Å². The highest BCUT2D eigenvalue weighted by Crippen LogP contribution is 2.32. The van der Waals surface area contributed by atoms with Crippen LogP contribution in [0.5, 0.6) is 11.5 Å². The van der Waals surface area contributed by atoms with Gasteiger partial charge in [-0.2, -0.15) is 0 Å². The lowest BCUT2D eigenvalue weighted by Crippen LogP contribution is -2.16. The summed E-state index contributed by atoms with van der Waals surface area (Å²) in [5, 5.41) is 0. The van der Waals surface area contributed by atoms with Gasteiger partial charge in [0.15, 0.2) is 23.9 Å². The molecule has 3 rings (SSSR count). The molecule has 5 heteroatoms. The van der Waals surface area contributed by atoms with Crippen molar-refractivity contribution in [1.29, 1.82) is 0 Å². The van der Waals surface area contributed by atoms with Crippen molar-refractivity contribution in [2.24, 2.45) is 0 Å². The van der Waals surface area contributed by atoms with E-state index in [9.17, 15) is 9.59 Å². The molecule has 5 nitrogen and oxygen atoms in total. The molecule has 0 saturated heterocycles. The Kier molecular flexibility index (Phi) is 4.28. The molecule has 0 N–H and O–H groups in total. The van der Waals surface area contributed by atoms with Crippen molar-refractivity contribution in [3.8, 4) is 11.5 Å². The fourth-order valence-electron chi connectivity index (χ4n) is 2.31. The predicted molar refractivity (Wildman–Crippen MR) is 82.7 cm³/mol. The first-order chi connectivity index (χ1) is 11.1. The van der Waals surface area contributed by atoms with Crippen molar-refractivity contribution in [2.75, 3.05) is 13.4 Å². The monoisotopic (exact) mass is 312 g/mol. The maximum atomic E-state index is 12.1. The molecule has 2 aromatic carbocycles. The summed E-state index contributed by atoms with van der Waals surface area (Å²) in [4.78, 5) is 24.0. The summed E-state index contributed by atoms with van der Waals surface area (Å²) in [5.41, 5.74) is 2.34. The summed E-state index contributed by atoms with van der Waals surface area (Å²) in [5.74, 6) is 0.440. The smallest absolute Gasteiger partial charge is 0.310 e. The number of fused-ring (bicyclic) bond motifs is 1. The number of benzene rings is 2. The Labute approximate surface area is 133 Å². The second kappa shape index (κ2) is 6.52. The summed E-state index contributed by atoms with van der Waals surface area (Å²) in [6.07, 6.45) is 0.154. The van der Waals surface area contributed by atoms with Gasteiger partial charge in [0, 0.05) is 5.56 Å². The van der Waals surface area contributed by atoms with E-state index < -0.39 is 5.97 Å². The van der Waals surface area contributed by atoms with E-state index in [2.05, 4.69) is 0 Å². The fourth-order valence-corrected chi connectivity index (χ4v) is 2.31. The molecule has 2 aromatic rings. The van der Waals surface area contributed by atoms with E-state index >= 15 is 0 Å². The first-order valence-electron chi connectivity index (χ1n) is 7.26. The number of ether oxygens (including phenoxy) is 3. The summed E-state index contributed by atoms with van der Waals surface area (Å²) >= 11 is 0. The average Bonchev–Trinajstić information content (AvgIpc) is 3.02. The van der Waals surface area contributed by atoms with Crippen LogP contribution < -0.4 is 9.47 Å². The van der Waals surface area contributed by atoms with Gasteiger partial charge in [-0.1, -0.05) is 24.3 Å². The topological polar surface area (TPSA) is 61.8 Å². The lowest BCUT2D eigenvalue weighted by molar-refractivity contribution is -0.141. The van der Waals surface area contributed by atoms with E-state index in [-0.39, 0.29) is 25.6 Å². The first-order valence-corrected chi connectivity index (χ1v) is 7.26. The minimum absolute atomic E-state index is 0.151. The van der Waals surface area contributed by atoms with Crippen molar-refractivity contribution in [3.63, 3.8) is 0 Å². The number of carbonyl (C=O) groups excluding carboxylic acids is 2. The molecule has 0 unspecified atom stereocenters. The fraction of sp³-hybridized carbons (Fsp3) is 0.222. The zero-order chi connectivity index (χ0) is 16.2. The van der Waals surface area contributed by atoms with Crippen LogP contribution in [0.3, 0.4) is 0 Å². The zero-order valence-electron chi connectivity index (χ0n) is 12.7. The Bertz CT molecular complexity index is 751. The molecule has 1 aliphatic heterocycles. The van der Waals surface area contributed by atoms with Crippen molar-refractivity contribution in [3.05, 3.63) is 59.2 Å². The highest BCUT2D eigenvalue weighted by molar-refractivity contribution is 5.98. The zero-order valence-corrected chi connectivity index (χ0v) is 12.7. The second-order valence-corrected chi connectivity index (χ2v) is 5.26. The number of rotatable bonds is 5. The summed E-state index contributed by atoms with van der Waals surface area (Å²) in [7, 11) is 0. The highest BCUT2D eigenvalue weighted by atomic mass is 16.7. The third-order valence-electron chi connectivity index (χ3n) is 3.65. The number of hydrogen-bond donors (Lipinski definition) is 0. The summed E-state index contributed by atoms with van der Waals surface area (Å²) in [6, 6.07) is 12.5. The van der Waals surface area contributed by atoms with Crippen LogP contribution >= 0.6 is 0 Å². The van der Waals surface area contributed by atoms with Crippen LogP contribution in [0.2, 0.25) is 0 Å². The van der Waals surface area contributed by atoms with E-state index in [0.717, 1.165) is 11.1 Å². The average molecular weight is 312 g/mol. The largest absolute Gasteiger partial charge is 0.457 e. The molecule has 118 valence electrons. The van der Waals surface area contributed by atoms with Crippen LogP contribution in [0, 0.1) is 6.92 Å². The minimum atomic E-state index is -0.423. The maximum absolute atomic E-state index is 12.1. The standard InChI is InChI=1S/C18H16O5/c1-12-4-2-3-5-13(12)9-18(20)21-10-15(19)14-6-7-16-17(8-14)23-11-22-16/h2-8H,9-11H2,1H3. The molecule has 1 heterocycles. The van der Waals surface area contributed by atoms with Crippen LogP contribution in [0.4, 0.5) is 0 Å². The third kappa shape index (κ3) is 3.51. The van der Waals surface area contributed by atoms with Crippen molar-refractivity contribution >= 4 is 11.8 Å². The predicted octanol–water partition coefficient (Wildman–Crippen LogP) is 2.69. The van der Waals surface area contributed by atoms with Gasteiger partial charge in [-0.3, -0.25) is 9.59 Å². The summed E-state index contributed by atoms with van der Waals surface area (Å²) < 4.78 is 15.5. The van der Waals surface area contributed by atoms with Crippen molar-refractivity contribution < 1.29 is 23.8 Å². The quantitative estimate of drug-likeness (QED) is 0.627. The lowest BCUT2D eigenvalue weighted by atomic mass is 10.1. The van der Waals surface area contributed by atoms with E-state index in [1.807, 2.05) is 31.2 Å². The number of ketones is 1.